The van der Waals surface area contributed by atoms with E-state index in [0.29, 0.717) is 30.4 Å². The van der Waals surface area contributed by atoms with Crippen molar-refractivity contribution in [3.05, 3.63) is 23.8 Å². The molecule has 0 N–H and O–H groups in total. The SMILES string of the molecule is CC(=O)N1CCCc2cc(S(=O)(=O)N3CC4CC4(C)C3)ccc21. The van der Waals surface area contributed by atoms with Crippen molar-refractivity contribution in [3.63, 3.8) is 0 Å². The second-order valence-corrected chi connectivity index (χ2v) is 9.36. The van der Waals surface area contributed by atoms with Gasteiger partial charge in [0.2, 0.25) is 15.9 Å². The zero-order valence-corrected chi connectivity index (χ0v) is 14.4. The Hall–Kier alpha value is -1.40. The summed E-state index contributed by atoms with van der Waals surface area (Å²) in [7, 11) is -3.42. The number of amides is 1. The largest absolute Gasteiger partial charge is 0.312 e. The first-order valence-electron chi connectivity index (χ1n) is 8.22. The molecule has 3 aliphatic rings. The molecule has 23 heavy (non-hydrogen) atoms. The van der Waals surface area contributed by atoms with Gasteiger partial charge in [-0.2, -0.15) is 4.31 Å². The molecule has 1 amide bonds. The van der Waals surface area contributed by atoms with E-state index in [1.165, 1.54) is 0 Å². The van der Waals surface area contributed by atoms with Gasteiger partial charge in [0, 0.05) is 32.2 Å². The number of aryl methyl sites for hydroxylation is 1. The van der Waals surface area contributed by atoms with Crippen LogP contribution in [0.4, 0.5) is 5.69 Å². The lowest BCUT2D eigenvalue weighted by atomic mass is 10.0. The van der Waals surface area contributed by atoms with E-state index >= 15 is 0 Å². The molecule has 124 valence electrons. The van der Waals surface area contributed by atoms with Crippen LogP contribution in [0.5, 0.6) is 0 Å². The molecule has 5 nitrogen and oxygen atoms in total. The summed E-state index contributed by atoms with van der Waals surface area (Å²) in [6, 6.07) is 5.22. The fourth-order valence-corrected chi connectivity index (χ4v) is 5.76. The molecular formula is C17H22N2O3S. The van der Waals surface area contributed by atoms with E-state index in [2.05, 4.69) is 6.92 Å². The number of benzene rings is 1. The molecule has 4 rings (SSSR count). The van der Waals surface area contributed by atoms with Crippen LogP contribution in [0.3, 0.4) is 0 Å². The van der Waals surface area contributed by atoms with Crippen LogP contribution >= 0.6 is 0 Å². The summed E-state index contributed by atoms with van der Waals surface area (Å²) in [5.74, 6) is 0.539. The normalized spacial score (nSPS) is 30.0. The van der Waals surface area contributed by atoms with Crippen molar-refractivity contribution in [3.8, 4) is 0 Å². The van der Waals surface area contributed by atoms with Crippen molar-refractivity contribution in [2.75, 3.05) is 24.5 Å². The van der Waals surface area contributed by atoms with Gasteiger partial charge in [-0.05, 0) is 54.4 Å². The monoisotopic (exact) mass is 334 g/mol. The minimum Gasteiger partial charge on any atom is -0.312 e. The maximum atomic E-state index is 12.9. The number of fused-ring (bicyclic) bond motifs is 2. The van der Waals surface area contributed by atoms with Crippen LogP contribution in [0.1, 0.15) is 32.3 Å². The molecule has 6 heteroatoms. The van der Waals surface area contributed by atoms with E-state index in [1.807, 2.05) is 0 Å². The summed E-state index contributed by atoms with van der Waals surface area (Å²) in [6.07, 6.45) is 2.85. The van der Waals surface area contributed by atoms with Crippen LogP contribution in [-0.4, -0.2) is 38.3 Å². The molecule has 1 aliphatic carbocycles. The van der Waals surface area contributed by atoms with E-state index in [9.17, 15) is 13.2 Å². The van der Waals surface area contributed by atoms with E-state index in [0.717, 1.165) is 30.5 Å². The molecule has 2 fully saturated rings. The number of nitrogens with zero attached hydrogens (tertiary/aromatic N) is 2. The summed E-state index contributed by atoms with van der Waals surface area (Å²) in [5, 5.41) is 0. The molecule has 0 radical (unpaired) electrons. The fraction of sp³-hybridized carbons (Fsp3) is 0.588. The minimum absolute atomic E-state index is 0.00844. The second-order valence-electron chi connectivity index (χ2n) is 7.42. The van der Waals surface area contributed by atoms with Gasteiger partial charge in [0.25, 0.3) is 0 Å². The summed E-state index contributed by atoms with van der Waals surface area (Å²) in [6.45, 7) is 5.72. The molecule has 1 aromatic carbocycles. The summed E-state index contributed by atoms with van der Waals surface area (Å²) >= 11 is 0. The topological polar surface area (TPSA) is 57.7 Å². The van der Waals surface area contributed by atoms with Gasteiger partial charge < -0.3 is 4.90 Å². The second kappa shape index (κ2) is 4.80. The minimum atomic E-state index is -3.42. The average molecular weight is 334 g/mol. The third-order valence-electron chi connectivity index (χ3n) is 5.69. The van der Waals surface area contributed by atoms with Gasteiger partial charge in [0.1, 0.15) is 0 Å². The van der Waals surface area contributed by atoms with Crippen LogP contribution in [0.2, 0.25) is 0 Å². The van der Waals surface area contributed by atoms with Crippen LogP contribution in [0.25, 0.3) is 0 Å². The first kappa shape index (κ1) is 15.1. The van der Waals surface area contributed by atoms with Gasteiger partial charge in [0.15, 0.2) is 0 Å². The zero-order valence-electron chi connectivity index (χ0n) is 13.6. The molecule has 0 aromatic heterocycles. The molecule has 2 unspecified atom stereocenters. The Morgan fingerprint density at radius 2 is 2.13 bits per heavy atom. The van der Waals surface area contributed by atoms with Crippen molar-refractivity contribution in [1.29, 1.82) is 0 Å². The lowest BCUT2D eigenvalue weighted by Crippen LogP contribution is -2.34. The first-order chi connectivity index (χ1) is 10.8. The number of hydrogen-bond acceptors (Lipinski definition) is 3. The summed E-state index contributed by atoms with van der Waals surface area (Å²) in [4.78, 5) is 13.8. The van der Waals surface area contributed by atoms with Crippen molar-refractivity contribution >= 4 is 21.6 Å². The number of anilines is 1. The van der Waals surface area contributed by atoms with Gasteiger partial charge in [0.05, 0.1) is 4.90 Å². The van der Waals surface area contributed by atoms with Gasteiger partial charge in [-0.25, -0.2) is 8.42 Å². The number of carbonyl (C=O) groups excluding carboxylic acids is 1. The molecule has 2 aliphatic heterocycles. The highest BCUT2D eigenvalue weighted by Gasteiger charge is 2.58. The van der Waals surface area contributed by atoms with Crippen molar-refractivity contribution in [2.24, 2.45) is 11.3 Å². The molecule has 2 atom stereocenters. The third-order valence-corrected chi connectivity index (χ3v) is 7.49. The zero-order chi connectivity index (χ0) is 16.4. The summed E-state index contributed by atoms with van der Waals surface area (Å²) in [5.41, 5.74) is 2.02. The lowest BCUT2D eigenvalue weighted by Gasteiger charge is -2.29. The molecule has 1 saturated heterocycles. The number of carbonyl (C=O) groups is 1. The van der Waals surface area contributed by atoms with Crippen molar-refractivity contribution in [1.82, 2.24) is 4.31 Å². The molecular weight excluding hydrogens is 312 g/mol. The quantitative estimate of drug-likeness (QED) is 0.831. The molecule has 2 heterocycles. The predicted octanol–water partition coefficient (Wildman–Crippen LogP) is 2.02. The standard InChI is InChI=1S/C17H22N2O3S/c1-12(20)19-7-3-4-13-8-15(5-6-16(13)19)23(21,22)18-10-14-9-17(14,2)11-18/h5-6,8,14H,3-4,7,9-11H2,1-2H3. The van der Waals surface area contributed by atoms with Gasteiger partial charge >= 0.3 is 0 Å². The van der Waals surface area contributed by atoms with Crippen LogP contribution in [0, 0.1) is 11.3 Å². The average Bonchev–Trinajstić information content (AvgIpc) is 3.02. The lowest BCUT2D eigenvalue weighted by molar-refractivity contribution is -0.116. The smallest absolute Gasteiger partial charge is 0.243 e. The Bertz CT molecular complexity index is 789. The number of sulfonamides is 1. The number of piperidine rings is 1. The first-order valence-corrected chi connectivity index (χ1v) is 9.66. The van der Waals surface area contributed by atoms with Crippen LogP contribution in [-0.2, 0) is 21.2 Å². The summed E-state index contributed by atoms with van der Waals surface area (Å²) < 4.78 is 27.4. The van der Waals surface area contributed by atoms with E-state index in [4.69, 9.17) is 0 Å². The van der Waals surface area contributed by atoms with Gasteiger partial charge in [-0.15, -0.1) is 0 Å². The van der Waals surface area contributed by atoms with Gasteiger partial charge in [-0.1, -0.05) is 6.92 Å². The third kappa shape index (κ3) is 2.31. The fourth-order valence-electron chi connectivity index (χ4n) is 4.09. The Labute approximate surface area is 137 Å². The predicted molar refractivity (Wildman–Crippen MR) is 87.8 cm³/mol. The Kier molecular flexibility index (Phi) is 3.16. The van der Waals surface area contributed by atoms with Crippen molar-refractivity contribution < 1.29 is 13.2 Å². The Morgan fingerprint density at radius 3 is 2.78 bits per heavy atom. The van der Waals surface area contributed by atoms with Crippen LogP contribution in [0.15, 0.2) is 23.1 Å². The molecule has 0 bridgehead atoms. The maximum absolute atomic E-state index is 12.9. The molecule has 1 aromatic rings. The van der Waals surface area contributed by atoms with E-state index in [1.54, 1.807) is 34.3 Å². The highest BCUT2D eigenvalue weighted by Crippen LogP contribution is 2.58. The highest BCUT2D eigenvalue weighted by molar-refractivity contribution is 7.89. The van der Waals surface area contributed by atoms with E-state index in [-0.39, 0.29) is 11.3 Å². The molecule has 1 saturated carbocycles. The van der Waals surface area contributed by atoms with Crippen molar-refractivity contribution in [2.45, 2.75) is 38.0 Å². The Balaban J connectivity index is 1.66. The maximum Gasteiger partial charge on any atom is 0.243 e. The van der Waals surface area contributed by atoms with E-state index < -0.39 is 10.0 Å². The number of rotatable bonds is 2. The highest BCUT2D eigenvalue weighted by atomic mass is 32.2. The Morgan fingerprint density at radius 1 is 1.35 bits per heavy atom. The molecule has 0 spiro atoms. The number of hydrogen-bond donors (Lipinski definition) is 0. The van der Waals surface area contributed by atoms with Gasteiger partial charge in [-0.3, -0.25) is 4.79 Å². The van der Waals surface area contributed by atoms with Crippen LogP contribution < -0.4 is 4.90 Å².